The zero-order valence-electron chi connectivity index (χ0n) is 13.6. The van der Waals surface area contributed by atoms with Gasteiger partial charge < -0.3 is 5.32 Å². The second kappa shape index (κ2) is 8.06. The predicted molar refractivity (Wildman–Crippen MR) is 97.1 cm³/mol. The number of carbonyl (C=O) groups is 1. The van der Waals surface area contributed by atoms with E-state index in [2.05, 4.69) is 38.3 Å². The molecule has 3 nitrogen and oxygen atoms in total. The van der Waals surface area contributed by atoms with Crippen LogP contribution in [0.5, 0.6) is 0 Å². The number of nitrogens with one attached hydrogen (secondary N) is 1. The predicted octanol–water partition coefficient (Wildman–Crippen LogP) is 4.58. The summed E-state index contributed by atoms with van der Waals surface area (Å²) >= 11 is 3.42. The van der Waals surface area contributed by atoms with Crippen LogP contribution in [-0.4, -0.2) is 23.9 Å². The van der Waals surface area contributed by atoms with Crippen molar-refractivity contribution in [1.82, 2.24) is 4.90 Å². The summed E-state index contributed by atoms with van der Waals surface area (Å²) in [6.07, 6.45) is 1.69. The van der Waals surface area contributed by atoms with Gasteiger partial charge in [-0.25, -0.2) is 8.78 Å². The average molecular weight is 409 g/mol. The van der Waals surface area contributed by atoms with Gasteiger partial charge in [0.15, 0.2) is 0 Å². The van der Waals surface area contributed by atoms with Gasteiger partial charge in [0.2, 0.25) is 5.91 Å². The minimum Gasteiger partial charge on any atom is -0.323 e. The lowest BCUT2D eigenvalue weighted by molar-refractivity contribution is -0.121. The number of nitrogens with zero attached hydrogens (tertiary/aromatic N) is 1. The quantitative estimate of drug-likeness (QED) is 0.802. The van der Waals surface area contributed by atoms with E-state index >= 15 is 0 Å². The molecule has 0 aromatic heterocycles. The highest BCUT2D eigenvalue weighted by Crippen LogP contribution is 2.22. The number of anilines is 1. The SMILES string of the molecule is O=C(Nc1ccc(F)cc1F)C1CCCN(Cc2ccc(Br)cc2)C1. The summed E-state index contributed by atoms with van der Waals surface area (Å²) in [5.74, 6) is -1.83. The largest absolute Gasteiger partial charge is 0.323 e. The maximum atomic E-state index is 13.7. The maximum absolute atomic E-state index is 13.7. The first-order chi connectivity index (χ1) is 12.0. The van der Waals surface area contributed by atoms with Crippen molar-refractivity contribution in [2.75, 3.05) is 18.4 Å². The molecule has 0 aliphatic carbocycles. The van der Waals surface area contributed by atoms with E-state index in [-0.39, 0.29) is 17.5 Å². The number of halogens is 3. The van der Waals surface area contributed by atoms with Crippen molar-refractivity contribution in [1.29, 1.82) is 0 Å². The molecule has 1 atom stereocenters. The van der Waals surface area contributed by atoms with Crippen LogP contribution >= 0.6 is 15.9 Å². The average Bonchev–Trinajstić information content (AvgIpc) is 2.60. The molecule has 1 fully saturated rings. The minimum absolute atomic E-state index is 0.0245. The van der Waals surface area contributed by atoms with Crippen molar-refractivity contribution in [3.05, 3.63) is 64.1 Å². The third-order valence-corrected chi connectivity index (χ3v) is 4.91. The Morgan fingerprint density at radius 3 is 2.68 bits per heavy atom. The van der Waals surface area contributed by atoms with E-state index in [0.717, 1.165) is 42.5 Å². The topological polar surface area (TPSA) is 32.3 Å². The number of piperidine rings is 1. The van der Waals surface area contributed by atoms with Gasteiger partial charge in [-0.15, -0.1) is 0 Å². The van der Waals surface area contributed by atoms with Crippen LogP contribution in [0.2, 0.25) is 0 Å². The Labute approximate surface area is 154 Å². The third-order valence-electron chi connectivity index (χ3n) is 4.38. The normalized spacial score (nSPS) is 18.1. The smallest absolute Gasteiger partial charge is 0.228 e. The molecule has 1 unspecified atom stereocenters. The standard InChI is InChI=1S/C19H19BrF2N2O/c20-15-5-3-13(4-6-15)11-24-9-1-2-14(12-24)19(25)23-18-8-7-16(21)10-17(18)22/h3-8,10,14H,1-2,9,11-12H2,(H,23,25). The van der Waals surface area contributed by atoms with Gasteiger partial charge in [0.05, 0.1) is 11.6 Å². The van der Waals surface area contributed by atoms with Crippen molar-refractivity contribution < 1.29 is 13.6 Å². The summed E-state index contributed by atoms with van der Waals surface area (Å²) in [4.78, 5) is 14.7. The molecule has 1 N–H and O–H groups in total. The van der Waals surface area contributed by atoms with E-state index in [4.69, 9.17) is 0 Å². The molecule has 2 aromatic rings. The monoisotopic (exact) mass is 408 g/mol. The molecule has 6 heteroatoms. The van der Waals surface area contributed by atoms with Crippen LogP contribution in [0.25, 0.3) is 0 Å². The first-order valence-electron chi connectivity index (χ1n) is 8.24. The summed E-state index contributed by atoms with van der Waals surface area (Å²) in [5, 5.41) is 2.59. The molecule has 0 spiro atoms. The van der Waals surface area contributed by atoms with Crippen molar-refractivity contribution in [2.24, 2.45) is 5.92 Å². The molecule has 0 saturated carbocycles. The van der Waals surface area contributed by atoms with Gasteiger partial charge in [-0.2, -0.15) is 0 Å². The van der Waals surface area contributed by atoms with E-state index in [9.17, 15) is 13.6 Å². The maximum Gasteiger partial charge on any atom is 0.228 e. The molecule has 0 radical (unpaired) electrons. The Morgan fingerprint density at radius 2 is 1.96 bits per heavy atom. The number of rotatable bonds is 4. The molecule has 132 valence electrons. The van der Waals surface area contributed by atoms with Gasteiger partial charge in [0.1, 0.15) is 11.6 Å². The van der Waals surface area contributed by atoms with E-state index < -0.39 is 11.6 Å². The molecular weight excluding hydrogens is 390 g/mol. The van der Waals surface area contributed by atoms with E-state index in [1.807, 2.05) is 12.1 Å². The molecule has 3 rings (SSSR count). The van der Waals surface area contributed by atoms with Gasteiger partial charge in [0.25, 0.3) is 0 Å². The molecule has 1 amide bonds. The summed E-state index contributed by atoms with van der Waals surface area (Å²) in [6.45, 7) is 2.34. The fraction of sp³-hybridized carbons (Fsp3) is 0.316. The van der Waals surface area contributed by atoms with Gasteiger partial charge in [0, 0.05) is 23.6 Å². The van der Waals surface area contributed by atoms with Crippen LogP contribution in [0.1, 0.15) is 18.4 Å². The fourth-order valence-corrected chi connectivity index (χ4v) is 3.35. The number of benzene rings is 2. The zero-order valence-corrected chi connectivity index (χ0v) is 15.2. The lowest BCUT2D eigenvalue weighted by atomic mass is 9.96. The van der Waals surface area contributed by atoms with Crippen molar-refractivity contribution in [3.63, 3.8) is 0 Å². The van der Waals surface area contributed by atoms with Crippen LogP contribution in [0.3, 0.4) is 0 Å². The van der Waals surface area contributed by atoms with Crippen LogP contribution in [0.15, 0.2) is 46.9 Å². The molecule has 2 aromatic carbocycles. The molecule has 1 saturated heterocycles. The third kappa shape index (κ3) is 4.86. The zero-order chi connectivity index (χ0) is 17.8. The Balaban J connectivity index is 1.60. The molecule has 1 aliphatic rings. The van der Waals surface area contributed by atoms with E-state index in [1.165, 1.54) is 11.6 Å². The van der Waals surface area contributed by atoms with Gasteiger partial charge >= 0.3 is 0 Å². The molecule has 25 heavy (non-hydrogen) atoms. The van der Waals surface area contributed by atoms with Crippen LogP contribution in [-0.2, 0) is 11.3 Å². The highest BCUT2D eigenvalue weighted by Gasteiger charge is 2.26. The first kappa shape index (κ1) is 18.0. The second-order valence-electron chi connectivity index (χ2n) is 6.31. The number of carbonyl (C=O) groups excluding carboxylic acids is 1. The molecule has 1 aliphatic heterocycles. The highest BCUT2D eigenvalue weighted by atomic mass is 79.9. The molecule has 0 bridgehead atoms. The number of likely N-dealkylation sites (tertiary alicyclic amines) is 1. The van der Waals surface area contributed by atoms with Crippen molar-refractivity contribution >= 4 is 27.5 Å². The first-order valence-corrected chi connectivity index (χ1v) is 9.03. The number of amides is 1. The van der Waals surface area contributed by atoms with E-state index in [0.29, 0.717) is 6.54 Å². The highest BCUT2D eigenvalue weighted by molar-refractivity contribution is 9.10. The summed E-state index contributed by atoms with van der Waals surface area (Å²) < 4.78 is 27.7. The van der Waals surface area contributed by atoms with Crippen molar-refractivity contribution in [3.8, 4) is 0 Å². The molecular formula is C19H19BrF2N2O. The van der Waals surface area contributed by atoms with Crippen LogP contribution < -0.4 is 5.32 Å². The lowest BCUT2D eigenvalue weighted by Gasteiger charge is -2.32. The Bertz CT molecular complexity index is 752. The second-order valence-corrected chi connectivity index (χ2v) is 7.23. The fourth-order valence-electron chi connectivity index (χ4n) is 3.09. The van der Waals surface area contributed by atoms with Gasteiger partial charge in [-0.1, -0.05) is 28.1 Å². The number of hydrogen-bond donors (Lipinski definition) is 1. The number of hydrogen-bond acceptors (Lipinski definition) is 2. The minimum atomic E-state index is -0.754. The molecule has 1 heterocycles. The van der Waals surface area contributed by atoms with Crippen LogP contribution in [0, 0.1) is 17.6 Å². The Hall–Kier alpha value is -1.79. The Morgan fingerprint density at radius 1 is 1.20 bits per heavy atom. The van der Waals surface area contributed by atoms with Crippen LogP contribution in [0.4, 0.5) is 14.5 Å². The van der Waals surface area contributed by atoms with Gasteiger partial charge in [-0.05, 0) is 49.2 Å². The lowest BCUT2D eigenvalue weighted by Crippen LogP contribution is -2.40. The van der Waals surface area contributed by atoms with Gasteiger partial charge in [-0.3, -0.25) is 9.69 Å². The Kier molecular flexibility index (Phi) is 5.81. The summed E-state index contributed by atoms with van der Waals surface area (Å²) in [5.41, 5.74) is 1.21. The summed E-state index contributed by atoms with van der Waals surface area (Å²) in [6, 6.07) is 11.3. The van der Waals surface area contributed by atoms with E-state index in [1.54, 1.807) is 0 Å². The van der Waals surface area contributed by atoms with Crippen molar-refractivity contribution in [2.45, 2.75) is 19.4 Å². The summed E-state index contributed by atoms with van der Waals surface area (Å²) in [7, 11) is 0.